The molecule has 0 fully saturated rings. The van der Waals surface area contributed by atoms with Crippen LogP contribution in [0, 0.1) is 0 Å². The third-order valence-electron chi connectivity index (χ3n) is 9.08. The van der Waals surface area contributed by atoms with E-state index in [0.717, 1.165) is 19.6 Å². The Labute approximate surface area is 261 Å². The highest BCUT2D eigenvalue weighted by atomic mass is 32.2. The van der Waals surface area contributed by atoms with Crippen molar-refractivity contribution in [1.82, 2.24) is 27.9 Å². The van der Waals surface area contributed by atoms with Crippen LogP contribution in [0.25, 0.3) is 11.4 Å². The molecule has 0 bridgehead atoms. The number of para-hydroxylation sites is 2. The van der Waals surface area contributed by atoms with E-state index in [2.05, 4.69) is 0 Å². The minimum Gasteiger partial charge on any atom is -0.245 e. The van der Waals surface area contributed by atoms with Gasteiger partial charge in [-0.1, -0.05) is 59.9 Å². The van der Waals surface area contributed by atoms with Crippen LogP contribution < -0.4 is 22.8 Å². The number of allylic oxidation sites excluding steroid dienone is 4. The normalized spacial score (nSPS) is 20.5. The Morgan fingerprint density at radius 2 is 0.636 bits per heavy atom. The van der Waals surface area contributed by atoms with Crippen molar-refractivity contribution in [3.8, 4) is 11.4 Å². The Kier molecular flexibility index (Phi) is 5.80. The molecule has 5 heterocycles. The van der Waals surface area contributed by atoms with Gasteiger partial charge in [-0.15, -0.1) is 0 Å². The lowest BCUT2D eigenvalue weighted by molar-refractivity contribution is 0.209. The Morgan fingerprint density at radius 3 is 0.864 bits per heavy atom. The van der Waals surface area contributed by atoms with Crippen LogP contribution in [0.4, 0.5) is 0 Å². The Morgan fingerprint density at radius 1 is 0.409 bits per heavy atom. The summed E-state index contributed by atoms with van der Waals surface area (Å²) in [5.41, 5.74) is -4.20. The van der Waals surface area contributed by atoms with E-state index in [4.69, 9.17) is 0 Å². The Balaban J connectivity index is 1.45. The summed E-state index contributed by atoms with van der Waals surface area (Å²) in [5.74, 6) is 0. The van der Waals surface area contributed by atoms with Gasteiger partial charge in [0.25, 0.3) is 0 Å². The van der Waals surface area contributed by atoms with Crippen LogP contribution in [0.1, 0.15) is 55.4 Å². The molecular weight excluding hydrogens is 597 g/mol. The number of aromatic nitrogens is 6. The van der Waals surface area contributed by atoms with Crippen LogP contribution in [-0.4, -0.2) is 27.9 Å². The molecule has 0 unspecified atom stereocenters. The quantitative estimate of drug-likeness (QED) is 0.324. The van der Waals surface area contributed by atoms with Gasteiger partial charge in [0.15, 0.2) is 0 Å². The van der Waals surface area contributed by atoms with Gasteiger partial charge >= 0.3 is 22.8 Å². The van der Waals surface area contributed by atoms with Crippen LogP contribution in [0.5, 0.6) is 0 Å². The van der Waals surface area contributed by atoms with E-state index in [1.807, 2.05) is 67.5 Å². The number of hydrogen-bond acceptors (Lipinski definition) is 6. The molecule has 3 aliphatic heterocycles. The van der Waals surface area contributed by atoms with Gasteiger partial charge in [0.1, 0.15) is 0 Å². The van der Waals surface area contributed by atoms with Crippen LogP contribution in [0.3, 0.4) is 0 Å². The predicted octanol–water partition coefficient (Wildman–Crippen LogP) is 4.49. The maximum absolute atomic E-state index is 14.1. The minimum absolute atomic E-state index is 0.413. The number of nitrogens with zero attached hydrogens (tertiary/aromatic N) is 6. The molecule has 0 aliphatic carbocycles. The fourth-order valence-corrected chi connectivity index (χ4v) is 10.4. The molecule has 0 saturated carbocycles. The third kappa shape index (κ3) is 3.41. The zero-order valence-electron chi connectivity index (χ0n) is 25.9. The molecule has 4 aromatic rings. The number of rotatable bonds is 2. The van der Waals surface area contributed by atoms with Gasteiger partial charge in [-0.3, -0.25) is 0 Å². The van der Waals surface area contributed by atoms with Crippen molar-refractivity contribution >= 4 is 23.5 Å². The van der Waals surface area contributed by atoms with Gasteiger partial charge in [-0.2, -0.15) is 0 Å². The molecule has 10 nitrogen and oxygen atoms in total. The first-order valence-electron chi connectivity index (χ1n) is 14.5. The van der Waals surface area contributed by atoms with Crippen LogP contribution in [-0.2, 0) is 22.2 Å². The lowest BCUT2D eigenvalue weighted by atomic mass is 9.93. The second kappa shape index (κ2) is 8.85. The fourth-order valence-electron chi connectivity index (χ4n) is 6.82. The van der Waals surface area contributed by atoms with Crippen molar-refractivity contribution < 1.29 is 0 Å². The molecule has 44 heavy (non-hydrogen) atoms. The smallest absolute Gasteiger partial charge is 0.245 e. The lowest BCUT2D eigenvalue weighted by Gasteiger charge is -2.51. The molecule has 0 amide bonds. The molecule has 7 rings (SSSR count). The van der Waals surface area contributed by atoms with Crippen molar-refractivity contribution in [1.29, 1.82) is 0 Å². The van der Waals surface area contributed by atoms with Crippen molar-refractivity contribution in [2.45, 2.75) is 77.5 Å². The largest absolute Gasteiger partial charge is 0.352 e. The minimum atomic E-state index is -0.893. The summed E-state index contributed by atoms with van der Waals surface area (Å²) in [5, 5.41) is 0. The topological polar surface area (TPSA) is 97.9 Å². The highest BCUT2D eigenvalue weighted by Gasteiger charge is 2.55. The van der Waals surface area contributed by atoms with E-state index in [1.165, 1.54) is 9.13 Å². The van der Waals surface area contributed by atoms with Gasteiger partial charge in [0.05, 0.1) is 33.5 Å². The van der Waals surface area contributed by atoms with Crippen molar-refractivity contribution in [3.05, 3.63) is 122 Å². The average Bonchev–Trinajstić information content (AvgIpc) is 3.42. The highest BCUT2D eigenvalue weighted by molar-refractivity contribution is 8.13. The SMILES string of the molecule is CC1(C)C2=C(SC3=C(S2)C(C)(C)n2c(=O)n(-c4ccccc4)c(=O)n2C3(C)C)C(C)(C)n2c(=O)n(-c3ccccc3)c(=O)n21. The van der Waals surface area contributed by atoms with Gasteiger partial charge in [-0.25, -0.2) is 47.0 Å². The predicted molar refractivity (Wildman–Crippen MR) is 175 cm³/mol. The first-order chi connectivity index (χ1) is 20.6. The van der Waals surface area contributed by atoms with E-state index in [-0.39, 0.29) is 0 Å². The maximum atomic E-state index is 14.1. The zero-order chi connectivity index (χ0) is 31.7. The van der Waals surface area contributed by atoms with Crippen LogP contribution in [0.15, 0.2) is 99.5 Å². The van der Waals surface area contributed by atoms with Crippen molar-refractivity contribution in [3.63, 3.8) is 0 Å². The second-order valence-electron chi connectivity index (χ2n) is 13.5. The summed E-state index contributed by atoms with van der Waals surface area (Å²) in [7, 11) is 0. The van der Waals surface area contributed by atoms with Gasteiger partial charge in [-0.05, 0) is 79.7 Å². The van der Waals surface area contributed by atoms with E-state index in [0.29, 0.717) is 11.4 Å². The molecule has 0 spiro atoms. The fraction of sp³-hybridized carbons (Fsp3) is 0.375. The summed E-state index contributed by atoms with van der Waals surface area (Å²) in [6.45, 7) is 15.7. The molecule has 228 valence electrons. The number of benzene rings is 2. The molecule has 0 saturated heterocycles. The summed E-state index contributed by atoms with van der Waals surface area (Å²) in [6.07, 6.45) is 0. The van der Waals surface area contributed by atoms with Crippen molar-refractivity contribution in [2.24, 2.45) is 0 Å². The Bertz CT molecular complexity index is 1930. The molecule has 2 aromatic heterocycles. The first-order valence-corrected chi connectivity index (χ1v) is 16.1. The maximum Gasteiger partial charge on any atom is 0.352 e. The van der Waals surface area contributed by atoms with Gasteiger partial charge in [0, 0.05) is 19.6 Å². The van der Waals surface area contributed by atoms with Crippen LogP contribution in [0.2, 0.25) is 0 Å². The van der Waals surface area contributed by atoms with E-state index >= 15 is 0 Å². The van der Waals surface area contributed by atoms with Gasteiger partial charge in [0.2, 0.25) is 0 Å². The molecule has 0 atom stereocenters. The number of hydrogen-bond donors (Lipinski definition) is 0. The highest BCUT2D eigenvalue weighted by Crippen LogP contribution is 2.63. The monoisotopic (exact) mass is 630 g/mol. The second-order valence-corrected chi connectivity index (χ2v) is 15.5. The summed E-state index contributed by atoms with van der Waals surface area (Å²) in [4.78, 5) is 60.1. The zero-order valence-corrected chi connectivity index (χ0v) is 27.5. The summed E-state index contributed by atoms with van der Waals surface area (Å²) < 4.78 is 8.78. The third-order valence-corrected chi connectivity index (χ3v) is 13.0. The molecular formula is C32H34N6O4S2. The van der Waals surface area contributed by atoms with E-state index in [9.17, 15) is 19.2 Å². The molecule has 12 heteroatoms. The standard InChI is InChI=1S/C32H34N6O4S2/c1-29(2)21-22(30(3,4)36-26(40)33(25(39)35(29)36)19-15-11-9-12-16-19)44-24-23(43-21)31(5,6)37-27(41)34(20-17-13-10-14-18-20)28(42)38(37)32(24,7)8/h9-18H,1-8H3. The number of fused-ring (bicyclic) bond motifs is 2. The Hall–Kier alpha value is -3.90. The molecule has 0 N–H and O–H groups in total. The average molecular weight is 631 g/mol. The summed E-state index contributed by atoms with van der Waals surface area (Å²) in [6, 6.07) is 17.9. The summed E-state index contributed by atoms with van der Waals surface area (Å²) >= 11 is 3.11. The first kappa shape index (κ1) is 28.8. The van der Waals surface area contributed by atoms with Gasteiger partial charge < -0.3 is 0 Å². The molecule has 2 aromatic carbocycles. The van der Waals surface area contributed by atoms with Crippen LogP contribution >= 0.6 is 23.5 Å². The molecule has 0 radical (unpaired) electrons. The van der Waals surface area contributed by atoms with Crippen molar-refractivity contribution in [2.75, 3.05) is 0 Å². The lowest BCUT2D eigenvalue weighted by Crippen LogP contribution is -2.56. The van der Waals surface area contributed by atoms with E-state index in [1.54, 1.807) is 90.8 Å². The van der Waals surface area contributed by atoms with E-state index < -0.39 is 44.9 Å². The molecule has 3 aliphatic rings. The number of thioether (sulfide) groups is 2.